The molecule has 6 heterocycles. The van der Waals surface area contributed by atoms with E-state index in [2.05, 4.69) is 35.9 Å². The predicted octanol–water partition coefficient (Wildman–Crippen LogP) is 3.79. The van der Waals surface area contributed by atoms with Crippen LogP contribution in [0.2, 0.25) is 0 Å². The summed E-state index contributed by atoms with van der Waals surface area (Å²) in [6.45, 7) is 7.48. The molecule has 2 saturated heterocycles. The van der Waals surface area contributed by atoms with Gasteiger partial charge >= 0.3 is 0 Å². The number of anilines is 2. The number of rotatable bonds is 9. The fourth-order valence-electron chi connectivity index (χ4n) is 5.50. The normalized spacial score (nSPS) is 22.4. The molecule has 2 aliphatic rings. The molecule has 0 aliphatic carbocycles. The van der Waals surface area contributed by atoms with E-state index in [1.807, 2.05) is 26.8 Å². The highest BCUT2D eigenvalue weighted by Crippen LogP contribution is 2.34. The van der Waals surface area contributed by atoms with Crippen LogP contribution in [0.1, 0.15) is 27.2 Å². The number of likely N-dealkylation sites (tertiary alicyclic amines) is 1. The lowest BCUT2D eigenvalue weighted by Gasteiger charge is -2.47. The summed E-state index contributed by atoms with van der Waals surface area (Å²) in [7, 11) is 0. The van der Waals surface area contributed by atoms with Gasteiger partial charge in [-0.05, 0) is 51.5 Å². The van der Waals surface area contributed by atoms with E-state index in [0.717, 1.165) is 11.2 Å². The van der Waals surface area contributed by atoms with Gasteiger partial charge in [0.2, 0.25) is 5.95 Å². The third kappa shape index (κ3) is 5.33. The summed E-state index contributed by atoms with van der Waals surface area (Å²) in [4.78, 5) is 11.5. The first-order chi connectivity index (χ1) is 19.7. The summed E-state index contributed by atoms with van der Waals surface area (Å²) < 4.78 is 50.6. The Bertz CT molecular complexity index is 1570. The molecule has 11 nitrogen and oxygen atoms in total. The quantitative estimate of drug-likeness (QED) is 0.291. The van der Waals surface area contributed by atoms with E-state index < -0.39 is 24.7 Å². The first kappa shape index (κ1) is 27.4. The number of ether oxygens (including phenoxy) is 1. The van der Waals surface area contributed by atoms with Crippen LogP contribution < -0.4 is 10.6 Å². The van der Waals surface area contributed by atoms with Gasteiger partial charge in [-0.2, -0.15) is 4.98 Å². The Morgan fingerprint density at radius 1 is 1.20 bits per heavy atom. The second-order valence-electron chi connectivity index (χ2n) is 10.9. The van der Waals surface area contributed by atoms with E-state index in [0.29, 0.717) is 53.7 Å². The van der Waals surface area contributed by atoms with Crippen molar-refractivity contribution >= 4 is 28.4 Å². The van der Waals surface area contributed by atoms with Crippen LogP contribution in [0, 0.1) is 0 Å². The highest BCUT2D eigenvalue weighted by Gasteiger charge is 2.45. The van der Waals surface area contributed by atoms with Crippen LogP contribution in [0.25, 0.3) is 27.9 Å². The maximum absolute atomic E-state index is 16.4. The standard InChI is InChI=1S/C27H33F3N10O/c1-4-9-27(30)15-38(17-13-41-14-17)10-8-21(27)33-26-34-24(31-16(2)3)23-18(7-11-39(23)36-26)19-5-6-20-25(32-19)40(37-35-20)12-22(28)29/h4-7,9,11,16-17,21-22H,8,10,12-15H2,1-3H3,(H2,31,33,34,36)/b9-4+/t21-,27?/m1/s1. The molecule has 2 atom stereocenters. The van der Waals surface area contributed by atoms with E-state index in [4.69, 9.17) is 9.72 Å². The zero-order valence-corrected chi connectivity index (χ0v) is 23.1. The van der Waals surface area contributed by atoms with Gasteiger partial charge in [-0.15, -0.1) is 10.2 Å². The summed E-state index contributed by atoms with van der Waals surface area (Å²) >= 11 is 0. The van der Waals surface area contributed by atoms with Crippen LogP contribution >= 0.6 is 0 Å². The van der Waals surface area contributed by atoms with Gasteiger partial charge in [0.25, 0.3) is 6.43 Å². The number of allylic oxidation sites excluding steroid dienone is 1. The second-order valence-corrected chi connectivity index (χ2v) is 10.9. The van der Waals surface area contributed by atoms with E-state index in [-0.39, 0.29) is 24.3 Å². The number of nitrogens with zero attached hydrogens (tertiary/aromatic N) is 8. The third-order valence-corrected chi connectivity index (χ3v) is 7.50. The van der Waals surface area contributed by atoms with Crippen molar-refractivity contribution in [1.29, 1.82) is 0 Å². The van der Waals surface area contributed by atoms with Gasteiger partial charge in [-0.3, -0.25) is 4.90 Å². The van der Waals surface area contributed by atoms with Crippen molar-refractivity contribution < 1.29 is 17.9 Å². The maximum atomic E-state index is 16.4. The van der Waals surface area contributed by atoms with Crippen molar-refractivity contribution in [3.05, 3.63) is 36.5 Å². The van der Waals surface area contributed by atoms with Crippen LogP contribution in [0.15, 0.2) is 36.5 Å². The molecule has 0 saturated carbocycles. The third-order valence-electron chi connectivity index (χ3n) is 7.50. The SMILES string of the molecule is C/C=C/C1(F)CN(C2COC2)CC[C@H]1Nc1nc(NC(C)C)c2c(-c3ccc4nnn(CC(F)F)c4n3)ccn2n1. The zero-order valence-electron chi connectivity index (χ0n) is 23.1. The molecule has 41 heavy (non-hydrogen) atoms. The number of hydrogen-bond donors (Lipinski definition) is 2. The first-order valence-corrected chi connectivity index (χ1v) is 13.8. The van der Waals surface area contributed by atoms with E-state index >= 15 is 4.39 Å². The van der Waals surface area contributed by atoms with Crippen molar-refractivity contribution in [1.82, 2.24) is 39.5 Å². The number of pyridine rings is 1. The molecule has 14 heteroatoms. The zero-order chi connectivity index (χ0) is 28.7. The number of aromatic nitrogens is 7. The summed E-state index contributed by atoms with van der Waals surface area (Å²) in [5.74, 6) is 0.834. The number of nitrogens with one attached hydrogen (secondary N) is 2. The number of piperidine rings is 1. The van der Waals surface area contributed by atoms with Crippen molar-refractivity contribution in [2.24, 2.45) is 0 Å². The molecule has 0 aromatic carbocycles. The number of fused-ring (bicyclic) bond motifs is 2. The van der Waals surface area contributed by atoms with Crippen molar-refractivity contribution in [2.75, 3.05) is 36.9 Å². The Kier molecular flexibility index (Phi) is 7.28. The molecule has 2 fully saturated rings. The maximum Gasteiger partial charge on any atom is 0.258 e. The van der Waals surface area contributed by atoms with Gasteiger partial charge in [0.1, 0.15) is 17.6 Å². The van der Waals surface area contributed by atoms with Gasteiger partial charge in [0.05, 0.1) is 31.0 Å². The molecular formula is C27H33F3N10O. The van der Waals surface area contributed by atoms with Gasteiger partial charge in [-0.25, -0.2) is 27.4 Å². The molecule has 1 unspecified atom stereocenters. The Balaban J connectivity index is 1.35. The van der Waals surface area contributed by atoms with Crippen LogP contribution in [0.4, 0.5) is 24.9 Å². The minimum absolute atomic E-state index is 0.0349. The molecule has 0 amide bonds. The van der Waals surface area contributed by atoms with Crippen LogP contribution in [0.3, 0.4) is 0 Å². The molecule has 2 N–H and O–H groups in total. The van der Waals surface area contributed by atoms with E-state index in [1.54, 1.807) is 35.0 Å². The Hall–Kier alpha value is -3.78. The Morgan fingerprint density at radius 2 is 2.02 bits per heavy atom. The highest BCUT2D eigenvalue weighted by atomic mass is 19.3. The van der Waals surface area contributed by atoms with Gasteiger partial charge in [-0.1, -0.05) is 11.3 Å². The van der Waals surface area contributed by atoms with Crippen LogP contribution in [0.5, 0.6) is 0 Å². The molecule has 4 aromatic heterocycles. The minimum atomic E-state index is -2.59. The Morgan fingerprint density at radius 3 is 2.73 bits per heavy atom. The fraction of sp³-hybridized carbons (Fsp3) is 0.519. The van der Waals surface area contributed by atoms with Crippen molar-refractivity contribution in [3.63, 3.8) is 0 Å². The second kappa shape index (κ2) is 10.9. The molecule has 0 bridgehead atoms. The summed E-state index contributed by atoms with van der Waals surface area (Å²) in [6, 6.07) is 5.07. The summed E-state index contributed by atoms with van der Waals surface area (Å²) in [6.07, 6.45) is 3.13. The summed E-state index contributed by atoms with van der Waals surface area (Å²) in [5, 5.41) is 19.1. The molecule has 0 spiro atoms. The average molecular weight is 571 g/mol. The first-order valence-electron chi connectivity index (χ1n) is 13.8. The van der Waals surface area contributed by atoms with Gasteiger partial charge in [0, 0.05) is 30.9 Å². The lowest BCUT2D eigenvalue weighted by atomic mass is 9.87. The largest absolute Gasteiger partial charge is 0.378 e. The monoisotopic (exact) mass is 570 g/mol. The molecule has 218 valence electrons. The molecule has 2 aliphatic heterocycles. The van der Waals surface area contributed by atoms with Crippen LogP contribution in [-0.2, 0) is 11.3 Å². The number of hydrogen-bond acceptors (Lipinski definition) is 9. The fourth-order valence-corrected chi connectivity index (χ4v) is 5.50. The average Bonchev–Trinajstić information content (AvgIpc) is 3.48. The molecule has 6 rings (SSSR count). The lowest BCUT2D eigenvalue weighted by Crippen LogP contribution is -2.61. The number of alkyl halides is 3. The molecule has 0 radical (unpaired) electrons. The lowest BCUT2D eigenvalue weighted by molar-refractivity contribution is -0.0881. The topological polar surface area (TPSA) is 110 Å². The van der Waals surface area contributed by atoms with E-state index in [1.165, 1.54) is 0 Å². The van der Waals surface area contributed by atoms with Crippen LogP contribution in [-0.4, -0.2) is 96.0 Å². The summed E-state index contributed by atoms with van der Waals surface area (Å²) in [5.41, 5.74) is 0.982. The van der Waals surface area contributed by atoms with Crippen molar-refractivity contribution in [3.8, 4) is 11.3 Å². The smallest absolute Gasteiger partial charge is 0.258 e. The minimum Gasteiger partial charge on any atom is -0.378 e. The highest BCUT2D eigenvalue weighted by molar-refractivity contribution is 5.89. The predicted molar refractivity (Wildman–Crippen MR) is 149 cm³/mol. The molecule has 4 aromatic rings. The van der Waals surface area contributed by atoms with Crippen molar-refractivity contribution in [2.45, 2.75) is 64.0 Å². The van der Waals surface area contributed by atoms with Gasteiger partial charge in [0.15, 0.2) is 17.1 Å². The Labute approximate surface area is 234 Å². The molecular weight excluding hydrogens is 537 g/mol. The number of halogens is 3. The van der Waals surface area contributed by atoms with Gasteiger partial charge < -0.3 is 15.4 Å². The van der Waals surface area contributed by atoms with E-state index in [9.17, 15) is 8.78 Å².